The molecular formula is C7H13N3O4S. The summed E-state index contributed by atoms with van der Waals surface area (Å²) in [5, 5.41) is 8.84. The summed E-state index contributed by atoms with van der Waals surface area (Å²) in [7, 11) is -2.23. The summed E-state index contributed by atoms with van der Waals surface area (Å²) in [5.74, 6) is 0. The van der Waals surface area contributed by atoms with E-state index in [9.17, 15) is 8.42 Å². The van der Waals surface area contributed by atoms with Crippen LogP contribution in [-0.4, -0.2) is 49.9 Å². The average Bonchev–Trinajstić information content (AvgIpc) is 2.70. The van der Waals surface area contributed by atoms with E-state index >= 15 is 0 Å². The first-order valence-corrected chi connectivity index (χ1v) is 5.69. The fourth-order valence-corrected chi connectivity index (χ4v) is 2.11. The van der Waals surface area contributed by atoms with Crippen LogP contribution in [0.2, 0.25) is 0 Å². The van der Waals surface area contributed by atoms with Crippen molar-refractivity contribution in [3.63, 3.8) is 0 Å². The Morgan fingerprint density at radius 2 is 2.47 bits per heavy atom. The standard InChI is InChI=1S/C7H13N3O4S/c1-14-4-6(3-11)10-15(12,13)7-2-8-5-9-7/h2,5-6,10-11H,3-4H2,1H3,(H,8,9). The number of nitrogens with one attached hydrogen (secondary N) is 2. The summed E-state index contributed by atoms with van der Waals surface area (Å²) in [6.07, 6.45) is 2.45. The minimum Gasteiger partial charge on any atom is -0.395 e. The zero-order valence-corrected chi connectivity index (χ0v) is 8.99. The van der Waals surface area contributed by atoms with Gasteiger partial charge in [0.05, 0.1) is 31.8 Å². The molecule has 1 aromatic rings. The van der Waals surface area contributed by atoms with E-state index in [1.807, 2.05) is 0 Å². The lowest BCUT2D eigenvalue weighted by Crippen LogP contribution is -2.40. The topological polar surface area (TPSA) is 104 Å². The van der Waals surface area contributed by atoms with Gasteiger partial charge in [0.1, 0.15) is 0 Å². The fourth-order valence-electron chi connectivity index (χ4n) is 0.998. The van der Waals surface area contributed by atoms with Crippen LogP contribution < -0.4 is 4.72 Å². The molecule has 7 nitrogen and oxygen atoms in total. The van der Waals surface area contributed by atoms with Crippen LogP contribution in [0.25, 0.3) is 0 Å². The Balaban J connectivity index is 2.72. The molecule has 86 valence electrons. The van der Waals surface area contributed by atoms with Crippen LogP contribution in [0.15, 0.2) is 17.6 Å². The number of hydrogen-bond acceptors (Lipinski definition) is 5. The van der Waals surface area contributed by atoms with Gasteiger partial charge in [-0.2, -0.15) is 0 Å². The quantitative estimate of drug-likeness (QED) is 0.568. The van der Waals surface area contributed by atoms with Crippen LogP contribution in [0.1, 0.15) is 0 Å². The molecule has 1 rings (SSSR count). The van der Waals surface area contributed by atoms with Gasteiger partial charge in [-0.15, -0.1) is 0 Å². The molecule has 0 aliphatic carbocycles. The van der Waals surface area contributed by atoms with Crippen LogP contribution in [0.4, 0.5) is 0 Å². The summed E-state index contributed by atoms with van der Waals surface area (Å²) in [6.45, 7) is -0.231. The van der Waals surface area contributed by atoms with Crippen molar-refractivity contribution in [2.45, 2.75) is 11.1 Å². The van der Waals surface area contributed by atoms with Crippen LogP contribution in [0.3, 0.4) is 0 Å². The minimum absolute atomic E-state index is 0.0444. The summed E-state index contributed by atoms with van der Waals surface area (Å²) >= 11 is 0. The predicted molar refractivity (Wildman–Crippen MR) is 51.7 cm³/mol. The second kappa shape index (κ2) is 5.21. The fraction of sp³-hybridized carbons (Fsp3) is 0.571. The van der Waals surface area contributed by atoms with E-state index in [2.05, 4.69) is 14.7 Å². The van der Waals surface area contributed by atoms with Crippen molar-refractivity contribution in [1.82, 2.24) is 14.7 Å². The van der Waals surface area contributed by atoms with Crippen molar-refractivity contribution in [3.8, 4) is 0 Å². The number of sulfonamides is 1. The smallest absolute Gasteiger partial charge is 0.258 e. The largest absolute Gasteiger partial charge is 0.395 e. The Kier molecular flexibility index (Phi) is 4.21. The third-order valence-electron chi connectivity index (χ3n) is 1.67. The first-order chi connectivity index (χ1) is 7.10. The molecule has 0 bridgehead atoms. The van der Waals surface area contributed by atoms with Crippen molar-refractivity contribution < 1.29 is 18.3 Å². The molecule has 3 N–H and O–H groups in total. The zero-order chi connectivity index (χ0) is 11.3. The lowest BCUT2D eigenvalue weighted by atomic mass is 10.4. The van der Waals surface area contributed by atoms with Crippen LogP contribution in [0, 0.1) is 0 Å². The molecule has 0 fully saturated rings. The number of ether oxygens (including phenoxy) is 1. The highest BCUT2D eigenvalue weighted by Crippen LogP contribution is 2.03. The zero-order valence-electron chi connectivity index (χ0n) is 8.17. The van der Waals surface area contributed by atoms with Crippen LogP contribution in [0.5, 0.6) is 0 Å². The normalized spacial score (nSPS) is 14.0. The number of H-pyrrole nitrogens is 1. The number of hydrogen-bond donors (Lipinski definition) is 3. The molecule has 0 aliphatic heterocycles. The molecule has 15 heavy (non-hydrogen) atoms. The maximum atomic E-state index is 11.6. The molecule has 0 aromatic carbocycles. The highest BCUT2D eigenvalue weighted by Gasteiger charge is 2.20. The number of nitrogens with zero attached hydrogens (tertiary/aromatic N) is 1. The van der Waals surface area contributed by atoms with Gasteiger partial charge in [0.15, 0.2) is 5.03 Å². The van der Waals surface area contributed by atoms with E-state index in [1.54, 1.807) is 0 Å². The third kappa shape index (κ3) is 3.27. The van der Waals surface area contributed by atoms with E-state index in [4.69, 9.17) is 9.84 Å². The summed E-state index contributed by atoms with van der Waals surface area (Å²) in [6, 6.07) is -0.664. The van der Waals surface area contributed by atoms with Gasteiger partial charge in [-0.05, 0) is 0 Å². The van der Waals surface area contributed by atoms with Crippen molar-refractivity contribution >= 4 is 10.0 Å². The first-order valence-electron chi connectivity index (χ1n) is 4.20. The van der Waals surface area contributed by atoms with Crippen LogP contribution >= 0.6 is 0 Å². The molecule has 0 amide bonds. The Hall–Kier alpha value is -0.960. The minimum atomic E-state index is -3.66. The number of rotatable bonds is 6. The van der Waals surface area contributed by atoms with Crippen molar-refractivity contribution in [1.29, 1.82) is 0 Å². The predicted octanol–water partition coefficient (Wildman–Crippen LogP) is -1.30. The van der Waals surface area contributed by atoms with E-state index in [-0.39, 0.29) is 18.2 Å². The monoisotopic (exact) mass is 235 g/mol. The summed E-state index contributed by atoms with van der Waals surface area (Å²) < 4.78 is 30.2. The second-order valence-corrected chi connectivity index (χ2v) is 4.55. The van der Waals surface area contributed by atoms with Gasteiger partial charge in [-0.3, -0.25) is 0 Å². The van der Waals surface area contributed by atoms with Gasteiger partial charge >= 0.3 is 0 Å². The van der Waals surface area contributed by atoms with Gasteiger partial charge in [0.25, 0.3) is 10.0 Å². The highest BCUT2D eigenvalue weighted by molar-refractivity contribution is 7.89. The Bertz CT molecular complexity index is 375. The summed E-state index contributed by atoms with van der Waals surface area (Å²) in [4.78, 5) is 6.06. The maximum Gasteiger partial charge on any atom is 0.258 e. The second-order valence-electron chi connectivity index (χ2n) is 2.87. The molecule has 0 radical (unpaired) electrons. The van der Waals surface area contributed by atoms with Crippen LogP contribution in [-0.2, 0) is 14.8 Å². The maximum absolute atomic E-state index is 11.6. The molecule has 8 heteroatoms. The molecule has 1 heterocycles. The number of aromatic amines is 1. The summed E-state index contributed by atoms with van der Waals surface area (Å²) in [5.41, 5.74) is 0. The van der Waals surface area contributed by atoms with Gasteiger partial charge in [-0.25, -0.2) is 18.1 Å². The lowest BCUT2D eigenvalue weighted by molar-refractivity contribution is 0.139. The van der Waals surface area contributed by atoms with Crippen molar-refractivity contribution in [3.05, 3.63) is 12.5 Å². The molecular weight excluding hydrogens is 222 g/mol. The van der Waals surface area contributed by atoms with Crippen molar-refractivity contribution in [2.75, 3.05) is 20.3 Å². The Morgan fingerprint density at radius 1 is 1.73 bits per heavy atom. The average molecular weight is 235 g/mol. The van der Waals surface area contributed by atoms with E-state index in [1.165, 1.54) is 19.6 Å². The van der Waals surface area contributed by atoms with E-state index < -0.39 is 16.1 Å². The van der Waals surface area contributed by atoms with Gasteiger partial charge in [0.2, 0.25) is 0 Å². The molecule has 0 saturated heterocycles. The third-order valence-corrected chi connectivity index (χ3v) is 3.12. The molecule has 1 aromatic heterocycles. The number of aliphatic hydroxyl groups excluding tert-OH is 1. The van der Waals surface area contributed by atoms with E-state index in [0.717, 1.165) is 0 Å². The van der Waals surface area contributed by atoms with Gasteiger partial charge in [0, 0.05) is 7.11 Å². The number of imidazole rings is 1. The molecule has 0 saturated carbocycles. The van der Waals surface area contributed by atoms with Gasteiger partial charge < -0.3 is 14.8 Å². The van der Waals surface area contributed by atoms with E-state index in [0.29, 0.717) is 0 Å². The molecule has 1 unspecified atom stereocenters. The molecule has 1 atom stereocenters. The number of methoxy groups -OCH3 is 1. The highest BCUT2D eigenvalue weighted by atomic mass is 32.2. The van der Waals surface area contributed by atoms with Gasteiger partial charge in [-0.1, -0.05) is 0 Å². The number of aliphatic hydroxyl groups is 1. The lowest BCUT2D eigenvalue weighted by Gasteiger charge is -2.14. The Morgan fingerprint density at radius 3 is 2.93 bits per heavy atom. The molecule has 0 spiro atoms. The Labute approximate surface area is 87.5 Å². The SMILES string of the molecule is COCC(CO)NS(=O)(=O)c1cnc[nH]1. The first kappa shape index (κ1) is 12.1. The van der Waals surface area contributed by atoms with Crippen molar-refractivity contribution in [2.24, 2.45) is 0 Å². The molecule has 0 aliphatic rings. The number of aromatic nitrogens is 2.